The van der Waals surface area contributed by atoms with Gasteiger partial charge < -0.3 is 10.6 Å². The van der Waals surface area contributed by atoms with Crippen LogP contribution in [-0.4, -0.2) is 37.4 Å². The number of piperidine rings is 1. The maximum absolute atomic E-state index is 11.3. The van der Waals surface area contributed by atoms with Crippen molar-refractivity contribution in [1.29, 1.82) is 0 Å². The second kappa shape index (κ2) is 5.45. The molecule has 1 saturated heterocycles. The smallest absolute Gasteiger partial charge is 0.243 e. The minimum Gasteiger partial charge on any atom is -0.359 e. The van der Waals surface area contributed by atoms with Crippen molar-refractivity contribution in [3.05, 3.63) is 0 Å². The lowest BCUT2D eigenvalue weighted by Gasteiger charge is -2.21. The van der Waals surface area contributed by atoms with E-state index in [4.69, 9.17) is 0 Å². The summed E-state index contributed by atoms with van der Waals surface area (Å²) in [5.41, 5.74) is 0. The molecule has 0 aromatic heterocycles. The molecule has 6 heteroatoms. The predicted molar refractivity (Wildman–Crippen MR) is 52.9 cm³/mol. The summed E-state index contributed by atoms with van der Waals surface area (Å²) < 4.78 is 0. The van der Waals surface area contributed by atoms with Gasteiger partial charge in [0.25, 0.3) is 0 Å². The van der Waals surface area contributed by atoms with Crippen LogP contribution in [0.4, 0.5) is 0 Å². The highest BCUT2D eigenvalue weighted by molar-refractivity contribution is 6.00. The normalized spacial score (nSPS) is 21.0. The first-order chi connectivity index (χ1) is 7.13. The van der Waals surface area contributed by atoms with Crippen LogP contribution < -0.4 is 16.0 Å². The predicted octanol–water partition coefficient (Wildman–Crippen LogP) is -1.48. The Labute approximate surface area is 87.8 Å². The van der Waals surface area contributed by atoms with E-state index < -0.39 is 0 Å². The monoisotopic (exact) mass is 213 g/mol. The largest absolute Gasteiger partial charge is 0.359 e. The zero-order chi connectivity index (χ0) is 11.3. The average molecular weight is 213 g/mol. The molecule has 0 aromatic carbocycles. The summed E-state index contributed by atoms with van der Waals surface area (Å²) in [4.78, 5) is 33.0. The molecule has 6 nitrogen and oxygen atoms in total. The van der Waals surface area contributed by atoms with E-state index >= 15 is 0 Å². The van der Waals surface area contributed by atoms with Crippen LogP contribution >= 0.6 is 0 Å². The Bertz CT molecular complexity index is 278. The van der Waals surface area contributed by atoms with E-state index in [2.05, 4.69) is 16.0 Å². The summed E-state index contributed by atoms with van der Waals surface area (Å²) in [7, 11) is 1.56. The highest BCUT2D eigenvalue weighted by Crippen LogP contribution is 2.03. The average Bonchev–Trinajstić information content (AvgIpc) is 2.21. The first-order valence-corrected chi connectivity index (χ1v) is 4.91. The Balaban J connectivity index is 2.24. The SMILES string of the molecule is CNC(=O)CCNC1CCC(=O)NC1=O. The molecular weight excluding hydrogens is 198 g/mol. The van der Waals surface area contributed by atoms with Gasteiger partial charge in [-0.3, -0.25) is 19.7 Å². The molecule has 1 atom stereocenters. The lowest BCUT2D eigenvalue weighted by Crippen LogP contribution is -2.51. The van der Waals surface area contributed by atoms with E-state index in [0.717, 1.165) is 0 Å². The molecule has 1 rings (SSSR count). The zero-order valence-electron chi connectivity index (χ0n) is 8.63. The van der Waals surface area contributed by atoms with Gasteiger partial charge in [0, 0.05) is 26.4 Å². The van der Waals surface area contributed by atoms with Crippen molar-refractivity contribution in [3.63, 3.8) is 0 Å². The van der Waals surface area contributed by atoms with Gasteiger partial charge in [0.2, 0.25) is 17.7 Å². The minimum absolute atomic E-state index is 0.0743. The number of carbonyl (C=O) groups is 3. The van der Waals surface area contributed by atoms with E-state index in [-0.39, 0.29) is 23.8 Å². The maximum atomic E-state index is 11.3. The second-order valence-electron chi connectivity index (χ2n) is 3.38. The molecule has 0 aliphatic carbocycles. The molecule has 0 radical (unpaired) electrons. The Hall–Kier alpha value is -1.43. The first-order valence-electron chi connectivity index (χ1n) is 4.91. The van der Waals surface area contributed by atoms with Gasteiger partial charge in [-0.25, -0.2) is 0 Å². The van der Waals surface area contributed by atoms with Gasteiger partial charge in [-0.1, -0.05) is 0 Å². The fourth-order valence-corrected chi connectivity index (χ4v) is 1.37. The van der Waals surface area contributed by atoms with Crippen LogP contribution in [0.1, 0.15) is 19.3 Å². The van der Waals surface area contributed by atoms with Crippen molar-refractivity contribution in [2.45, 2.75) is 25.3 Å². The standard InChI is InChI=1S/C9H15N3O3/c1-10-7(13)4-5-11-6-2-3-8(14)12-9(6)15/h6,11H,2-5H2,1H3,(H,10,13)(H,12,14,15). The molecule has 3 amide bonds. The van der Waals surface area contributed by atoms with Gasteiger partial charge >= 0.3 is 0 Å². The highest BCUT2D eigenvalue weighted by atomic mass is 16.2. The van der Waals surface area contributed by atoms with Crippen molar-refractivity contribution >= 4 is 17.7 Å². The maximum Gasteiger partial charge on any atom is 0.243 e. The lowest BCUT2D eigenvalue weighted by atomic mass is 10.1. The lowest BCUT2D eigenvalue weighted by molar-refractivity contribution is -0.135. The fourth-order valence-electron chi connectivity index (χ4n) is 1.37. The number of nitrogens with one attached hydrogen (secondary N) is 3. The number of hydrogen-bond acceptors (Lipinski definition) is 4. The van der Waals surface area contributed by atoms with Crippen molar-refractivity contribution in [1.82, 2.24) is 16.0 Å². The van der Waals surface area contributed by atoms with Crippen LogP contribution in [-0.2, 0) is 14.4 Å². The summed E-state index contributed by atoms with van der Waals surface area (Å²) in [6.07, 6.45) is 1.18. The van der Waals surface area contributed by atoms with E-state index in [1.54, 1.807) is 7.05 Å². The summed E-state index contributed by atoms with van der Waals surface area (Å²) in [6.45, 7) is 0.436. The molecule has 1 fully saturated rings. The third-order valence-corrected chi connectivity index (χ3v) is 2.26. The molecule has 15 heavy (non-hydrogen) atoms. The molecule has 1 unspecified atom stereocenters. The van der Waals surface area contributed by atoms with Crippen molar-refractivity contribution in [2.24, 2.45) is 0 Å². The minimum atomic E-state index is -0.354. The topological polar surface area (TPSA) is 87.3 Å². The van der Waals surface area contributed by atoms with Gasteiger partial charge in [0.05, 0.1) is 6.04 Å². The van der Waals surface area contributed by atoms with Gasteiger partial charge in [-0.2, -0.15) is 0 Å². The number of hydrogen-bond donors (Lipinski definition) is 3. The third-order valence-electron chi connectivity index (χ3n) is 2.26. The molecular formula is C9H15N3O3. The van der Waals surface area contributed by atoms with Gasteiger partial charge in [0.15, 0.2) is 0 Å². The van der Waals surface area contributed by atoms with Crippen LogP contribution in [0.5, 0.6) is 0 Å². The van der Waals surface area contributed by atoms with Gasteiger partial charge in [0.1, 0.15) is 0 Å². The molecule has 1 aliphatic rings. The third kappa shape index (κ3) is 3.67. The summed E-state index contributed by atoms with van der Waals surface area (Å²) in [5, 5.41) is 7.66. The van der Waals surface area contributed by atoms with Crippen molar-refractivity contribution in [3.8, 4) is 0 Å². The van der Waals surface area contributed by atoms with E-state index in [1.807, 2.05) is 0 Å². The molecule has 0 aromatic rings. The Morgan fingerprint density at radius 1 is 1.53 bits per heavy atom. The Kier molecular flexibility index (Phi) is 4.23. The molecule has 3 N–H and O–H groups in total. The Morgan fingerprint density at radius 3 is 2.87 bits per heavy atom. The van der Waals surface area contributed by atoms with E-state index in [1.165, 1.54) is 0 Å². The van der Waals surface area contributed by atoms with Crippen LogP contribution in [0.15, 0.2) is 0 Å². The number of rotatable bonds is 4. The summed E-state index contributed by atoms with van der Waals surface area (Å²) in [5.74, 6) is -0.609. The van der Waals surface area contributed by atoms with E-state index in [0.29, 0.717) is 25.8 Å². The van der Waals surface area contributed by atoms with Gasteiger partial charge in [-0.15, -0.1) is 0 Å². The number of amides is 3. The highest BCUT2D eigenvalue weighted by Gasteiger charge is 2.25. The first kappa shape index (κ1) is 11.6. The van der Waals surface area contributed by atoms with Gasteiger partial charge in [-0.05, 0) is 6.42 Å². The van der Waals surface area contributed by atoms with Crippen LogP contribution in [0.2, 0.25) is 0 Å². The van der Waals surface area contributed by atoms with Crippen LogP contribution in [0.25, 0.3) is 0 Å². The zero-order valence-corrected chi connectivity index (χ0v) is 8.63. The quantitative estimate of drug-likeness (QED) is 0.497. The number of imide groups is 1. The molecule has 1 heterocycles. The van der Waals surface area contributed by atoms with Crippen molar-refractivity contribution in [2.75, 3.05) is 13.6 Å². The molecule has 0 saturated carbocycles. The molecule has 0 bridgehead atoms. The number of carbonyl (C=O) groups excluding carboxylic acids is 3. The fraction of sp³-hybridized carbons (Fsp3) is 0.667. The Morgan fingerprint density at radius 2 is 2.27 bits per heavy atom. The summed E-state index contributed by atoms with van der Waals surface area (Å²) in [6, 6.07) is -0.354. The summed E-state index contributed by atoms with van der Waals surface area (Å²) >= 11 is 0. The van der Waals surface area contributed by atoms with Crippen LogP contribution in [0.3, 0.4) is 0 Å². The molecule has 84 valence electrons. The van der Waals surface area contributed by atoms with Crippen LogP contribution in [0, 0.1) is 0 Å². The van der Waals surface area contributed by atoms with E-state index in [9.17, 15) is 14.4 Å². The molecule has 0 spiro atoms. The second-order valence-corrected chi connectivity index (χ2v) is 3.38. The van der Waals surface area contributed by atoms with Crippen molar-refractivity contribution < 1.29 is 14.4 Å². The molecule has 1 aliphatic heterocycles.